The Hall–Kier alpha value is -1.06. The van der Waals surface area contributed by atoms with E-state index in [0.717, 1.165) is 52.5 Å². The van der Waals surface area contributed by atoms with Crippen LogP contribution in [0.2, 0.25) is 0 Å². The van der Waals surface area contributed by atoms with Gasteiger partial charge in [-0.25, -0.2) is 0 Å². The van der Waals surface area contributed by atoms with Crippen LogP contribution in [0.25, 0.3) is 0 Å². The van der Waals surface area contributed by atoms with Crippen LogP contribution in [0.5, 0.6) is 0 Å². The molecule has 1 heterocycles. The molecule has 0 atom stereocenters. The molecule has 1 saturated heterocycles. The number of thioether (sulfide) groups is 2. The smallest absolute Gasteiger partial charge is 0.0701 e. The fourth-order valence-electron chi connectivity index (χ4n) is 3.72. The number of hydrogen-bond acceptors (Lipinski definition) is 7. The molecular weight excluding hydrogens is 452 g/mol. The number of benzene rings is 2. The van der Waals surface area contributed by atoms with E-state index in [4.69, 9.17) is 14.2 Å². The molecule has 182 valence electrons. The third kappa shape index (κ3) is 10.4. The van der Waals surface area contributed by atoms with Gasteiger partial charge in [-0.15, -0.1) is 23.5 Å². The first-order valence-corrected chi connectivity index (χ1v) is 14.2. The van der Waals surface area contributed by atoms with E-state index in [-0.39, 0.29) is 0 Å². The van der Waals surface area contributed by atoms with Crippen molar-refractivity contribution in [1.82, 2.24) is 9.80 Å². The summed E-state index contributed by atoms with van der Waals surface area (Å²) < 4.78 is 17.7. The van der Waals surface area contributed by atoms with E-state index in [0.29, 0.717) is 26.4 Å². The largest absolute Gasteiger partial charge is 0.379 e. The molecule has 0 spiro atoms. The highest BCUT2D eigenvalue weighted by Gasteiger charge is 2.10. The van der Waals surface area contributed by atoms with Crippen LogP contribution < -0.4 is 0 Å². The maximum Gasteiger partial charge on any atom is 0.0701 e. The first-order chi connectivity index (χ1) is 16.3. The van der Waals surface area contributed by atoms with Crippen LogP contribution in [-0.2, 0) is 27.3 Å². The van der Waals surface area contributed by atoms with Gasteiger partial charge in [0.05, 0.1) is 39.6 Å². The monoisotopic (exact) mass is 490 g/mol. The molecule has 0 saturated carbocycles. The van der Waals surface area contributed by atoms with Crippen molar-refractivity contribution in [3.8, 4) is 0 Å². The van der Waals surface area contributed by atoms with Crippen LogP contribution in [0.1, 0.15) is 11.1 Å². The topological polar surface area (TPSA) is 34.2 Å². The first-order valence-electron chi connectivity index (χ1n) is 11.7. The predicted molar refractivity (Wildman–Crippen MR) is 139 cm³/mol. The van der Waals surface area contributed by atoms with Gasteiger partial charge in [-0.05, 0) is 47.9 Å². The Labute approximate surface area is 208 Å². The number of ether oxygens (including phenoxy) is 3. The zero-order chi connectivity index (χ0) is 23.1. The molecule has 2 aromatic rings. The van der Waals surface area contributed by atoms with Gasteiger partial charge < -0.3 is 14.2 Å². The summed E-state index contributed by atoms with van der Waals surface area (Å²) in [7, 11) is 0. The highest BCUT2D eigenvalue weighted by atomic mass is 32.2. The molecule has 1 aliphatic rings. The van der Waals surface area contributed by atoms with E-state index in [1.54, 1.807) is 23.5 Å². The summed E-state index contributed by atoms with van der Waals surface area (Å²) in [6.45, 7) is 9.59. The van der Waals surface area contributed by atoms with E-state index < -0.39 is 0 Å². The minimum Gasteiger partial charge on any atom is -0.379 e. The number of hydrogen-bond donors (Lipinski definition) is 0. The second-order valence-electron chi connectivity index (χ2n) is 8.09. The molecule has 1 aliphatic heterocycles. The standard InChI is InChI=1S/C26H38N2O3S2/c1-32-25-7-3-23(4-8-25)21-27-11-15-29-16-12-28(14-18-31-20-19-30-17-13-27)22-24-5-9-26(33-2)10-6-24/h3-10H,11-22H2,1-2H3. The second-order valence-corrected chi connectivity index (χ2v) is 9.84. The van der Waals surface area contributed by atoms with Crippen molar-refractivity contribution in [2.24, 2.45) is 0 Å². The molecule has 7 heteroatoms. The lowest BCUT2D eigenvalue weighted by Crippen LogP contribution is -2.32. The fourth-order valence-corrected chi connectivity index (χ4v) is 4.53. The van der Waals surface area contributed by atoms with Crippen molar-refractivity contribution in [1.29, 1.82) is 0 Å². The predicted octanol–water partition coefficient (Wildman–Crippen LogP) is 4.50. The summed E-state index contributed by atoms with van der Waals surface area (Å²) in [5.41, 5.74) is 2.65. The van der Waals surface area contributed by atoms with E-state index in [2.05, 4.69) is 70.8 Å². The van der Waals surface area contributed by atoms with Gasteiger partial charge in [0, 0.05) is 49.1 Å². The molecule has 2 aromatic carbocycles. The molecule has 0 N–H and O–H groups in total. The average molecular weight is 491 g/mol. The lowest BCUT2D eigenvalue weighted by molar-refractivity contribution is 0.0311. The third-order valence-electron chi connectivity index (χ3n) is 5.71. The van der Waals surface area contributed by atoms with Gasteiger partial charge >= 0.3 is 0 Å². The fraction of sp³-hybridized carbons (Fsp3) is 0.538. The second kappa shape index (κ2) is 15.8. The van der Waals surface area contributed by atoms with Gasteiger partial charge in [-0.1, -0.05) is 24.3 Å². The molecule has 0 radical (unpaired) electrons. The quantitative estimate of drug-likeness (QED) is 0.552. The summed E-state index contributed by atoms with van der Waals surface area (Å²) in [4.78, 5) is 7.43. The maximum atomic E-state index is 6.05. The van der Waals surface area contributed by atoms with Gasteiger partial charge in [-0.3, -0.25) is 9.80 Å². The van der Waals surface area contributed by atoms with E-state index in [9.17, 15) is 0 Å². The van der Waals surface area contributed by atoms with Crippen molar-refractivity contribution < 1.29 is 14.2 Å². The Kier molecular flexibility index (Phi) is 12.7. The van der Waals surface area contributed by atoms with Crippen LogP contribution in [0.4, 0.5) is 0 Å². The van der Waals surface area contributed by atoms with Crippen molar-refractivity contribution >= 4 is 23.5 Å². The minimum atomic E-state index is 0.642. The summed E-state index contributed by atoms with van der Waals surface area (Å²) in [5.74, 6) is 0. The van der Waals surface area contributed by atoms with E-state index in [1.165, 1.54) is 20.9 Å². The molecule has 5 nitrogen and oxygen atoms in total. The third-order valence-corrected chi connectivity index (χ3v) is 7.20. The van der Waals surface area contributed by atoms with E-state index in [1.807, 2.05) is 0 Å². The molecule has 0 bridgehead atoms. The molecule has 0 amide bonds. The van der Waals surface area contributed by atoms with Gasteiger partial charge in [0.15, 0.2) is 0 Å². The zero-order valence-electron chi connectivity index (χ0n) is 20.0. The summed E-state index contributed by atoms with van der Waals surface area (Å²) >= 11 is 3.55. The Bertz CT molecular complexity index is 709. The van der Waals surface area contributed by atoms with Crippen molar-refractivity contribution in [3.63, 3.8) is 0 Å². The van der Waals surface area contributed by atoms with Gasteiger partial charge in [0.2, 0.25) is 0 Å². The highest BCUT2D eigenvalue weighted by molar-refractivity contribution is 7.98. The maximum absolute atomic E-state index is 6.05. The first kappa shape index (κ1) is 26.5. The number of rotatable bonds is 6. The lowest BCUT2D eigenvalue weighted by atomic mass is 10.2. The SMILES string of the molecule is CSc1ccc(CN2CCOCCOCCN(Cc3ccc(SC)cc3)CCOCC2)cc1. The Balaban J connectivity index is 1.50. The van der Waals surface area contributed by atoms with Crippen LogP contribution >= 0.6 is 23.5 Å². The van der Waals surface area contributed by atoms with Gasteiger partial charge in [0.1, 0.15) is 0 Å². The minimum absolute atomic E-state index is 0.642. The van der Waals surface area contributed by atoms with Crippen LogP contribution in [0.3, 0.4) is 0 Å². The van der Waals surface area contributed by atoms with Crippen LogP contribution in [0.15, 0.2) is 58.3 Å². The molecule has 3 rings (SSSR count). The lowest BCUT2D eigenvalue weighted by Gasteiger charge is -2.24. The summed E-state index contributed by atoms with van der Waals surface area (Å²) in [6, 6.07) is 17.7. The molecular formula is C26H38N2O3S2. The van der Waals surface area contributed by atoms with Crippen molar-refractivity contribution in [2.45, 2.75) is 22.9 Å². The average Bonchev–Trinajstić information content (AvgIpc) is 2.86. The zero-order valence-corrected chi connectivity index (χ0v) is 21.7. The normalized spacial score (nSPS) is 18.5. The highest BCUT2D eigenvalue weighted by Crippen LogP contribution is 2.17. The molecule has 0 aromatic heterocycles. The van der Waals surface area contributed by atoms with Gasteiger partial charge in [-0.2, -0.15) is 0 Å². The molecule has 33 heavy (non-hydrogen) atoms. The Morgan fingerprint density at radius 1 is 0.545 bits per heavy atom. The molecule has 0 aliphatic carbocycles. The van der Waals surface area contributed by atoms with Crippen molar-refractivity contribution in [2.75, 3.05) is 78.3 Å². The Morgan fingerprint density at radius 2 is 0.879 bits per heavy atom. The van der Waals surface area contributed by atoms with Crippen LogP contribution in [0, 0.1) is 0 Å². The number of nitrogens with zero attached hydrogens (tertiary/aromatic N) is 2. The van der Waals surface area contributed by atoms with E-state index >= 15 is 0 Å². The summed E-state index contributed by atoms with van der Waals surface area (Å²) in [5, 5.41) is 0. The molecule has 0 unspecified atom stereocenters. The Morgan fingerprint density at radius 3 is 1.21 bits per heavy atom. The summed E-state index contributed by atoms with van der Waals surface area (Å²) in [6.07, 6.45) is 4.22. The van der Waals surface area contributed by atoms with Crippen LogP contribution in [-0.4, -0.2) is 88.1 Å². The van der Waals surface area contributed by atoms with Crippen molar-refractivity contribution in [3.05, 3.63) is 59.7 Å². The molecule has 1 fully saturated rings. The van der Waals surface area contributed by atoms with Gasteiger partial charge in [0.25, 0.3) is 0 Å².